The minimum absolute atomic E-state index is 0.144. The summed E-state index contributed by atoms with van der Waals surface area (Å²) >= 11 is 12.9. The first-order chi connectivity index (χ1) is 10.4. The van der Waals surface area contributed by atoms with Crippen LogP contribution in [0.4, 0.5) is 0 Å². The zero-order valence-electron chi connectivity index (χ0n) is 10.9. The smallest absolute Gasteiger partial charge is 0.340 e. The molecule has 22 heavy (non-hydrogen) atoms. The molecule has 0 heterocycles. The fourth-order valence-electron chi connectivity index (χ4n) is 1.41. The number of hydrogen-bond acceptors (Lipinski definition) is 6. The second kappa shape index (κ2) is 9.33. The molecule has 0 bridgehead atoms. The van der Waals surface area contributed by atoms with Gasteiger partial charge in [-0.2, -0.15) is 0 Å². The van der Waals surface area contributed by atoms with E-state index in [2.05, 4.69) is 63.7 Å². The molecular weight excluding hydrogens is 560 g/mol. The van der Waals surface area contributed by atoms with Crippen LogP contribution >= 0.6 is 63.7 Å². The second-order valence-electron chi connectivity index (χ2n) is 3.72. The van der Waals surface area contributed by atoms with E-state index in [0.717, 1.165) is 0 Å². The van der Waals surface area contributed by atoms with Crippen molar-refractivity contribution in [2.24, 2.45) is 0 Å². The van der Waals surface area contributed by atoms with Crippen molar-refractivity contribution in [1.82, 2.24) is 0 Å². The lowest BCUT2D eigenvalue weighted by molar-refractivity contribution is 0.0418. The minimum atomic E-state index is -0.676. The molecule has 0 unspecified atom stereocenters. The van der Waals surface area contributed by atoms with Gasteiger partial charge in [0.25, 0.3) is 0 Å². The topological polar surface area (TPSA) is 93.1 Å². The number of halogens is 4. The van der Waals surface area contributed by atoms with E-state index in [9.17, 15) is 9.59 Å². The number of benzene rings is 1. The molecule has 0 saturated heterocycles. The summed E-state index contributed by atoms with van der Waals surface area (Å²) in [6, 6.07) is 0. The van der Waals surface area contributed by atoms with Crippen LogP contribution in [0, 0.1) is 0 Å². The number of aliphatic hydroxyl groups is 2. The largest absolute Gasteiger partial charge is 0.460 e. The Labute approximate surface area is 159 Å². The van der Waals surface area contributed by atoms with Gasteiger partial charge >= 0.3 is 11.9 Å². The van der Waals surface area contributed by atoms with Gasteiger partial charge in [0.1, 0.15) is 13.2 Å². The van der Waals surface area contributed by atoms with Crippen LogP contribution in [-0.2, 0) is 9.47 Å². The summed E-state index contributed by atoms with van der Waals surface area (Å²) in [5, 5.41) is 17.4. The van der Waals surface area contributed by atoms with Crippen LogP contribution in [-0.4, -0.2) is 48.6 Å². The lowest BCUT2D eigenvalue weighted by Crippen LogP contribution is -2.15. The lowest BCUT2D eigenvalue weighted by atomic mass is 10.1. The molecule has 0 saturated carbocycles. The molecule has 0 aliphatic rings. The van der Waals surface area contributed by atoms with Crippen molar-refractivity contribution in [3.63, 3.8) is 0 Å². The standard InChI is InChI=1S/C12H10Br4O6/c13-7-5(11(19)21-3-1-17)8(14)10(16)6(9(7)15)12(20)22-4-2-18/h17-18H,1-4H2. The van der Waals surface area contributed by atoms with Gasteiger partial charge in [0.15, 0.2) is 0 Å². The van der Waals surface area contributed by atoms with Gasteiger partial charge < -0.3 is 19.7 Å². The quantitative estimate of drug-likeness (QED) is 0.404. The molecule has 1 rings (SSSR count). The highest BCUT2D eigenvalue weighted by Crippen LogP contribution is 2.42. The second-order valence-corrected chi connectivity index (χ2v) is 6.90. The van der Waals surface area contributed by atoms with E-state index in [0.29, 0.717) is 17.9 Å². The predicted molar refractivity (Wildman–Crippen MR) is 92.0 cm³/mol. The minimum Gasteiger partial charge on any atom is -0.460 e. The van der Waals surface area contributed by atoms with E-state index in [1.54, 1.807) is 0 Å². The SMILES string of the molecule is O=C(OCCO)c1c(Br)c(Br)c(C(=O)OCCO)c(Br)c1Br. The summed E-state index contributed by atoms with van der Waals surface area (Å²) < 4.78 is 10.9. The van der Waals surface area contributed by atoms with Gasteiger partial charge in [-0.3, -0.25) is 0 Å². The van der Waals surface area contributed by atoms with Crippen LogP contribution in [0.25, 0.3) is 0 Å². The first kappa shape index (κ1) is 20.0. The molecule has 0 atom stereocenters. The van der Waals surface area contributed by atoms with E-state index < -0.39 is 11.9 Å². The third-order valence-electron chi connectivity index (χ3n) is 2.32. The van der Waals surface area contributed by atoms with Crippen LogP contribution < -0.4 is 0 Å². The molecule has 2 N–H and O–H groups in total. The summed E-state index contributed by atoms with van der Waals surface area (Å²) in [7, 11) is 0. The Hall–Kier alpha value is -0.000000000000000222. The Bertz CT molecular complexity index is 509. The number of carbonyl (C=O) groups is 2. The molecule has 0 spiro atoms. The Morgan fingerprint density at radius 3 is 1.23 bits per heavy atom. The van der Waals surface area contributed by atoms with E-state index in [-0.39, 0.29) is 37.6 Å². The van der Waals surface area contributed by atoms with E-state index in [1.807, 2.05) is 0 Å². The van der Waals surface area contributed by atoms with Gasteiger partial charge in [0.05, 0.1) is 24.3 Å². The number of rotatable bonds is 6. The normalized spacial score (nSPS) is 10.5. The lowest BCUT2D eigenvalue weighted by Gasteiger charge is -2.15. The first-order valence-electron chi connectivity index (χ1n) is 5.78. The highest BCUT2D eigenvalue weighted by molar-refractivity contribution is 9.14. The summed E-state index contributed by atoms with van der Waals surface area (Å²) in [4.78, 5) is 24.0. The third kappa shape index (κ3) is 4.51. The van der Waals surface area contributed by atoms with Crippen LogP contribution in [0.5, 0.6) is 0 Å². The van der Waals surface area contributed by atoms with E-state index >= 15 is 0 Å². The molecule has 122 valence electrons. The summed E-state index contributed by atoms with van der Waals surface area (Å²) in [6.07, 6.45) is 0. The summed E-state index contributed by atoms with van der Waals surface area (Å²) in [6.45, 7) is -0.885. The van der Waals surface area contributed by atoms with Crippen molar-refractivity contribution >= 4 is 75.7 Å². The average Bonchev–Trinajstić information content (AvgIpc) is 2.49. The van der Waals surface area contributed by atoms with E-state index in [1.165, 1.54) is 0 Å². The molecule has 0 amide bonds. The molecule has 0 fully saturated rings. The number of ether oxygens (including phenoxy) is 2. The summed E-state index contributed by atoms with van der Waals surface area (Å²) in [5.41, 5.74) is 0.289. The number of aliphatic hydroxyl groups excluding tert-OH is 2. The molecule has 1 aromatic rings. The van der Waals surface area contributed by atoms with Crippen LogP contribution in [0.1, 0.15) is 20.7 Å². The van der Waals surface area contributed by atoms with Crippen molar-refractivity contribution in [2.75, 3.05) is 26.4 Å². The molecule has 1 aromatic carbocycles. The molecule has 0 radical (unpaired) electrons. The van der Waals surface area contributed by atoms with Crippen LogP contribution in [0.15, 0.2) is 17.9 Å². The zero-order chi connectivity index (χ0) is 16.9. The van der Waals surface area contributed by atoms with Gasteiger partial charge in [0.2, 0.25) is 0 Å². The van der Waals surface area contributed by atoms with Gasteiger partial charge in [0, 0.05) is 17.9 Å². The van der Waals surface area contributed by atoms with E-state index in [4.69, 9.17) is 19.7 Å². The van der Waals surface area contributed by atoms with Crippen molar-refractivity contribution in [3.8, 4) is 0 Å². The monoisotopic (exact) mass is 566 g/mol. The number of hydrogen-bond donors (Lipinski definition) is 2. The first-order valence-corrected chi connectivity index (χ1v) is 8.95. The molecular formula is C12H10Br4O6. The Kier molecular flexibility index (Phi) is 8.50. The van der Waals surface area contributed by atoms with Crippen molar-refractivity contribution in [3.05, 3.63) is 29.0 Å². The highest BCUT2D eigenvalue weighted by atomic mass is 79.9. The maximum atomic E-state index is 12.0. The summed E-state index contributed by atoms with van der Waals surface area (Å²) in [5.74, 6) is -1.35. The molecule has 0 aromatic heterocycles. The number of carbonyl (C=O) groups excluding carboxylic acids is 2. The fourth-order valence-corrected chi connectivity index (χ4v) is 4.18. The zero-order valence-corrected chi connectivity index (χ0v) is 17.2. The molecule has 0 aliphatic carbocycles. The van der Waals surface area contributed by atoms with Gasteiger partial charge in [-0.1, -0.05) is 0 Å². The predicted octanol–water partition coefficient (Wildman–Crippen LogP) is 3.03. The van der Waals surface area contributed by atoms with Gasteiger partial charge in [-0.25, -0.2) is 9.59 Å². The van der Waals surface area contributed by atoms with Crippen molar-refractivity contribution in [2.45, 2.75) is 0 Å². The van der Waals surface area contributed by atoms with Crippen molar-refractivity contribution < 1.29 is 29.3 Å². The third-order valence-corrected chi connectivity index (χ3v) is 6.56. The highest BCUT2D eigenvalue weighted by Gasteiger charge is 2.28. The van der Waals surface area contributed by atoms with Crippen LogP contribution in [0.3, 0.4) is 0 Å². The fraction of sp³-hybridized carbons (Fsp3) is 0.333. The average molecular weight is 570 g/mol. The number of esters is 2. The molecule has 0 aliphatic heterocycles. The van der Waals surface area contributed by atoms with Gasteiger partial charge in [-0.05, 0) is 63.7 Å². The Morgan fingerprint density at radius 1 is 0.727 bits per heavy atom. The van der Waals surface area contributed by atoms with Crippen LogP contribution in [0.2, 0.25) is 0 Å². The maximum Gasteiger partial charge on any atom is 0.340 e. The molecule has 10 heteroatoms. The van der Waals surface area contributed by atoms with Crippen molar-refractivity contribution in [1.29, 1.82) is 0 Å². The Balaban J connectivity index is 3.32. The van der Waals surface area contributed by atoms with Gasteiger partial charge in [-0.15, -0.1) is 0 Å². The molecule has 6 nitrogen and oxygen atoms in total. The maximum absolute atomic E-state index is 12.0. The Morgan fingerprint density at radius 2 is 1.00 bits per heavy atom.